The van der Waals surface area contributed by atoms with Crippen LogP contribution >= 0.6 is 0 Å². The quantitative estimate of drug-likeness (QED) is 0.430. The first-order valence-corrected chi connectivity index (χ1v) is 5.81. The van der Waals surface area contributed by atoms with Crippen LogP contribution in [0.15, 0.2) is 5.10 Å². The van der Waals surface area contributed by atoms with Crippen molar-refractivity contribution >= 4 is 5.96 Å². The van der Waals surface area contributed by atoms with Gasteiger partial charge in [0.15, 0.2) is 0 Å². The maximum Gasteiger partial charge on any atom is 0.214 e. The fraction of sp³-hybridized carbons (Fsp3) is 0.909. The Kier molecular flexibility index (Phi) is 6.13. The highest BCUT2D eigenvalue weighted by molar-refractivity contribution is 5.78. The molecule has 15 heavy (non-hydrogen) atoms. The molecule has 0 aliphatic carbocycles. The smallest absolute Gasteiger partial charge is 0.214 e. The molecule has 4 heteroatoms. The van der Waals surface area contributed by atoms with E-state index in [1.54, 1.807) is 0 Å². The van der Waals surface area contributed by atoms with E-state index >= 15 is 0 Å². The summed E-state index contributed by atoms with van der Waals surface area (Å²) in [6.07, 6.45) is 0. The van der Waals surface area contributed by atoms with Crippen LogP contribution in [0.3, 0.4) is 0 Å². The average molecular weight is 214 g/mol. The second-order valence-corrected chi connectivity index (χ2v) is 4.19. The monoisotopic (exact) mass is 214 g/mol. The van der Waals surface area contributed by atoms with E-state index in [2.05, 4.69) is 51.5 Å². The number of hydrazone groups is 1. The average Bonchev–Trinajstić information content (AvgIpc) is 2.12. The molecule has 0 spiro atoms. The largest absolute Gasteiger partial charge is 0.368 e. The Morgan fingerprint density at radius 2 is 1.47 bits per heavy atom. The van der Waals surface area contributed by atoms with Gasteiger partial charge in [-0.05, 0) is 41.5 Å². The van der Waals surface area contributed by atoms with E-state index in [-0.39, 0.29) is 0 Å². The third kappa shape index (κ3) is 4.40. The summed E-state index contributed by atoms with van der Waals surface area (Å²) >= 11 is 0. The van der Waals surface area contributed by atoms with Crippen molar-refractivity contribution in [3.05, 3.63) is 0 Å². The van der Waals surface area contributed by atoms with Crippen LogP contribution in [0, 0.1) is 0 Å². The molecule has 0 heterocycles. The summed E-state index contributed by atoms with van der Waals surface area (Å²) in [5.41, 5.74) is 6.01. The van der Waals surface area contributed by atoms with Gasteiger partial charge in [-0.3, -0.25) is 5.01 Å². The van der Waals surface area contributed by atoms with Gasteiger partial charge in [-0.2, -0.15) is 0 Å². The van der Waals surface area contributed by atoms with Gasteiger partial charge in [-0.25, -0.2) is 0 Å². The zero-order valence-electron chi connectivity index (χ0n) is 11.0. The number of hydrogen-bond acceptors (Lipinski definition) is 2. The van der Waals surface area contributed by atoms with Crippen LogP contribution in [0.25, 0.3) is 0 Å². The predicted octanol–water partition coefficient (Wildman–Crippen LogP) is 1.68. The second-order valence-electron chi connectivity index (χ2n) is 4.19. The summed E-state index contributed by atoms with van der Waals surface area (Å²) in [4.78, 5) is 2.12. The first-order chi connectivity index (χ1) is 6.93. The number of guanidine groups is 1. The van der Waals surface area contributed by atoms with Gasteiger partial charge in [0.05, 0.1) is 0 Å². The Bertz CT molecular complexity index is 187. The summed E-state index contributed by atoms with van der Waals surface area (Å²) in [6.45, 7) is 14.5. The van der Waals surface area contributed by atoms with Crippen molar-refractivity contribution in [2.45, 2.75) is 53.6 Å². The van der Waals surface area contributed by atoms with Crippen molar-refractivity contribution in [2.24, 2.45) is 10.8 Å². The lowest BCUT2D eigenvalue weighted by molar-refractivity contribution is 0.263. The van der Waals surface area contributed by atoms with E-state index in [1.807, 2.05) is 5.01 Å². The first kappa shape index (κ1) is 14.1. The van der Waals surface area contributed by atoms with Crippen LogP contribution in [0.5, 0.6) is 0 Å². The minimum atomic E-state index is 0.379. The van der Waals surface area contributed by atoms with E-state index in [9.17, 15) is 0 Å². The summed E-state index contributed by atoms with van der Waals surface area (Å²) in [5, 5.41) is 6.38. The van der Waals surface area contributed by atoms with Gasteiger partial charge in [0, 0.05) is 25.2 Å². The molecular formula is C11H26N4. The van der Waals surface area contributed by atoms with Gasteiger partial charge in [-0.1, -0.05) is 0 Å². The second kappa shape index (κ2) is 6.53. The van der Waals surface area contributed by atoms with Gasteiger partial charge in [0.25, 0.3) is 0 Å². The molecule has 0 fully saturated rings. The molecule has 0 aliphatic rings. The highest BCUT2D eigenvalue weighted by atomic mass is 15.5. The molecule has 0 saturated heterocycles. The SMILES string of the molecule is CCN(CC)N=C(N)N(C(C)C)C(C)C. The number of nitrogens with zero attached hydrogens (tertiary/aromatic N) is 3. The highest BCUT2D eigenvalue weighted by Gasteiger charge is 2.16. The van der Waals surface area contributed by atoms with E-state index in [1.165, 1.54) is 0 Å². The summed E-state index contributed by atoms with van der Waals surface area (Å²) in [6, 6.07) is 0.758. The van der Waals surface area contributed by atoms with E-state index in [4.69, 9.17) is 5.73 Å². The lowest BCUT2D eigenvalue weighted by Crippen LogP contribution is -2.47. The minimum Gasteiger partial charge on any atom is -0.368 e. The molecular weight excluding hydrogens is 188 g/mol. The van der Waals surface area contributed by atoms with Crippen molar-refractivity contribution in [3.63, 3.8) is 0 Å². The molecule has 0 amide bonds. The van der Waals surface area contributed by atoms with E-state index < -0.39 is 0 Å². The summed E-state index contributed by atoms with van der Waals surface area (Å²) in [7, 11) is 0. The topological polar surface area (TPSA) is 44.9 Å². The van der Waals surface area contributed by atoms with Crippen LogP contribution in [0.2, 0.25) is 0 Å². The Hall–Kier alpha value is -0.930. The Labute approximate surface area is 94.1 Å². The van der Waals surface area contributed by atoms with Gasteiger partial charge in [0.2, 0.25) is 5.96 Å². The zero-order valence-corrected chi connectivity index (χ0v) is 11.0. The minimum absolute atomic E-state index is 0.379. The van der Waals surface area contributed by atoms with Crippen LogP contribution in [0.4, 0.5) is 0 Å². The van der Waals surface area contributed by atoms with Crippen molar-refractivity contribution in [1.82, 2.24) is 9.91 Å². The fourth-order valence-electron chi connectivity index (χ4n) is 1.69. The zero-order chi connectivity index (χ0) is 12.0. The predicted molar refractivity (Wildman–Crippen MR) is 66.7 cm³/mol. The highest BCUT2D eigenvalue weighted by Crippen LogP contribution is 2.05. The maximum absolute atomic E-state index is 6.01. The molecule has 90 valence electrons. The van der Waals surface area contributed by atoms with Gasteiger partial charge in [-0.15, -0.1) is 5.10 Å². The molecule has 0 atom stereocenters. The van der Waals surface area contributed by atoms with Crippen molar-refractivity contribution in [3.8, 4) is 0 Å². The normalized spacial score (nSPS) is 12.4. The standard InChI is InChI=1S/C11H26N4/c1-7-14(8-2)13-11(12)15(9(3)4)10(5)6/h9-10H,7-8H2,1-6H3,(H2,12,13). The molecule has 0 radical (unpaired) electrons. The van der Waals surface area contributed by atoms with Crippen molar-refractivity contribution < 1.29 is 0 Å². The Balaban J connectivity index is 4.68. The molecule has 0 unspecified atom stereocenters. The summed E-state index contributed by atoms with van der Waals surface area (Å²) < 4.78 is 0. The number of nitrogens with two attached hydrogens (primary N) is 1. The molecule has 2 N–H and O–H groups in total. The van der Waals surface area contributed by atoms with Gasteiger partial charge < -0.3 is 10.6 Å². The molecule has 0 aliphatic heterocycles. The fourth-order valence-corrected chi connectivity index (χ4v) is 1.69. The number of hydrogen-bond donors (Lipinski definition) is 1. The van der Waals surface area contributed by atoms with Crippen LogP contribution in [0.1, 0.15) is 41.5 Å². The Morgan fingerprint density at radius 1 is 1.07 bits per heavy atom. The van der Waals surface area contributed by atoms with Crippen molar-refractivity contribution in [2.75, 3.05) is 13.1 Å². The molecule has 0 aromatic rings. The van der Waals surface area contributed by atoms with Crippen molar-refractivity contribution in [1.29, 1.82) is 0 Å². The van der Waals surface area contributed by atoms with E-state index in [0.717, 1.165) is 13.1 Å². The first-order valence-electron chi connectivity index (χ1n) is 5.81. The van der Waals surface area contributed by atoms with Crippen LogP contribution in [-0.2, 0) is 0 Å². The third-order valence-electron chi connectivity index (χ3n) is 2.35. The molecule has 0 rings (SSSR count). The lowest BCUT2D eigenvalue weighted by atomic mass is 10.2. The summed E-state index contributed by atoms with van der Waals surface area (Å²) in [5.74, 6) is 0.615. The maximum atomic E-state index is 6.01. The van der Waals surface area contributed by atoms with Gasteiger partial charge >= 0.3 is 0 Å². The van der Waals surface area contributed by atoms with Crippen LogP contribution in [-0.4, -0.2) is 41.0 Å². The molecule has 0 aromatic carbocycles. The molecule has 4 nitrogen and oxygen atoms in total. The molecule has 0 saturated carbocycles. The molecule has 0 bridgehead atoms. The lowest BCUT2D eigenvalue weighted by Gasteiger charge is -2.32. The van der Waals surface area contributed by atoms with Gasteiger partial charge in [0.1, 0.15) is 0 Å². The Morgan fingerprint density at radius 3 is 1.73 bits per heavy atom. The number of rotatable bonds is 5. The molecule has 0 aromatic heterocycles. The third-order valence-corrected chi connectivity index (χ3v) is 2.35. The van der Waals surface area contributed by atoms with E-state index in [0.29, 0.717) is 18.0 Å². The van der Waals surface area contributed by atoms with Crippen LogP contribution < -0.4 is 5.73 Å².